The van der Waals surface area contributed by atoms with Crippen molar-refractivity contribution in [3.05, 3.63) is 30.0 Å². The van der Waals surface area contributed by atoms with Crippen LogP contribution in [0.1, 0.15) is 18.5 Å². The monoisotopic (exact) mass is 286 g/mol. The Morgan fingerprint density at radius 1 is 1.29 bits per heavy atom. The number of fused-ring (bicyclic) bond motifs is 1. The van der Waals surface area contributed by atoms with Crippen molar-refractivity contribution >= 4 is 22.7 Å². The molecule has 0 saturated carbocycles. The van der Waals surface area contributed by atoms with Crippen LogP contribution >= 0.6 is 0 Å². The van der Waals surface area contributed by atoms with Gasteiger partial charge in [0.15, 0.2) is 0 Å². The largest absolute Gasteiger partial charge is 0.369 e. The molecule has 6 nitrogen and oxygen atoms in total. The van der Waals surface area contributed by atoms with Gasteiger partial charge in [-0.3, -0.25) is 14.7 Å². The number of hydrogen-bond acceptors (Lipinski definition) is 3. The Morgan fingerprint density at radius 2 is 2.00 bits per heavy atom. The second-order valence-electron chi connectivity index (χ2n) is 5.45. The molecule has 110 valence electrons. The van der Waals surface area contributed by atoms with E-state index in [2.05, 4.69) is 10.2 Å². The molecule has 0 unspecified atom stereocenters. The highest BCUT2D eigenvalue weighted by molar-refractivity contribution is 5.87. The number of carbonyl (C=O) groups excluding carboxylic acids is 2. The number of nitrogens with zero attached hydrogens (tertiary/aromatic N) is 2. The Balaban J connectivity index is 1.66. The lowest BCUT2D eigenvalue weighted by Crippen LogP contribution is -2.42. The van der Waals surface area contributed by atoms with Gasteiger partial charge < -0.3 is 10.6 Å². The van der Waals surface area contributed by atoms with Gasteiger partial charge in [0.2, 0.25) is 11.8 Å². The number of aromatic nitrogens is 2. The topological polar surface area (TPSA) is 92.1 Å². The molecule has 2 heterocycles. The van der Waals surface area contributed by atoms with E-state index >= 15 is 0 Å². The summed E-state index contributed by atoms with van der Waals surface area (Å²) in [6, 6.07) is 7.73. The number of nitrogens with two attached hydrogens (primary N) is 1. The summed E-state index contributed by atoms with van der Waals surface area (Å²) in [5.41, 5.74) is 7.01. The molecular weight excluding hydrogens is 268 g/mol. The van der Waals surface area contributed by atoms with Crippen LogP contribution in [0.15, 0.2) is 24.3 Å². The lowest BCUT2D eigenvalue weighted by atomic mass is 9.96. The second-order valence-corrected chi connectivity index (χ2v) is 5.45. The van der Waals surface area contributed by atoms with Crippen LogP contribution in [0, 0.1) is 5.92 Å². The van der Waals surface area contributed by atoms with Gasteiger partial charge in [0.05, 0.1) is 17.6 Å². The molecule has 0 atom stereocenters. The summed E-state index contributed by atoms with van der Waals surface area (Å²) in [7, 11) is 0. The highest BCUT2D eigenvalue weighted by Gasteiger charge is 2.26. The molecule has 6 heteroatoms. The van der Waals surface area contributed by atoms with E-state index in [-0.39, 0.29) is 17.7 Å². The quantitative estimate of drug-likeness (QED) is 0.875. The summed E-state index contributed by atoms with van der Waals surface area (Å²) in [6.07, 6.45) is 1.62. The molecule has 2 amide bonds. The summed E-state index contributed by atoms with van der Waals surface area (Å²) < 4.78 is 0. The van der Waals surface area contributed by atoms with E-state index in [4.69, 9.17) is 5.73 Å². The maximum atomic E-state index is 12.3. The first-order chi connectivity index (χ1) is 10.1. The summed E-state index contributed by atoms with van der Waals surface area (Å²) in [4.78, 5) is 25.3. The first-order valence-electron chi connectivity index (χ1n) is 7.14. The van der Waals surface area contributed by atoms with Gasteiger partial charge in [0.25, 0.3) is 0 Å². The van der Waals surface area contributed by atoms with Crippen LogP contribution in [-0.2, 0) is 16.0 Å². The normalized spacial score (nSPS) is 16.3. The van der Waals surface area contributed by atoms with E-state index in [0.717, 1.165) is 16.6 Å². The van der Waals surface area contributed by atoms with Crippen molar-refractivity contribution in [1.82, 2.24) is 15.1 Å². The minimum Gasteiger partial charge on any atom is -0.369 e. The third kappa shape index (κ3) is 2.74. The zero-order valence-corrected chi connectivity index (χ0v) is 11.7. The Morgan fingerprint density at radius 3 is 2.71 bits per heavy atom. The van der Waals surface area contributed by atoms with Gasteiger partial charge in [-0.1, -0.05) is 18.2 Å². The number of rotatable bonds is 3. The molecule has 1 aliphatic heterocycles. The molecule has 1 fully saturated rings. The van der Waals surface area contributed by atoms with E-state index in [1.807, 2.05) is 24.3 Å². The number of piperidine rings is 1. The van der Waals surface area contributed by atoms with Gasteiger partial charge in [0.1, 0.15) is 0 Å². The summed E-state index contributed by atoms with van der Waals surface area (Å²) in [5.74, 6) is -0.295. The summed E-state index contributed by atoms with van der Waals surface area (Å²) >= 11 is 0. The molecule has 1 saturated heterocycles. The molecule has 0 aliphatic carbocycles. The van der Waals surface area contributed by atoms with Crippen LogP contribution in [0.2, 0.25) is 0 Å². The van der Waals surface area contributed by atoms with Crippen LogP contribution in [0.25, 0.3) is 10.9 Å². The lowest BCUT2D eigenvalue weighted by Gasteiger charge is -2.30. The molecule has 1 aliphatic rings. The fourth-order valence-corrected chi connectivity index (χ4v) is 2.83. The van der Waals surface area contributed by atoms with Crippen LogP contribution in [0.3, 0.4) is 0 Å². The fourth-order valence-electron chi connectivity index (χ4n) is 2.83. The molecule has 3 rings (SSSR count). The third-order valence-corrected chi connectivity index (χ3v) is 4.12. The van der Waals surface area contributed by atoms with Crippen molar-refractivity contribution in [3.63, 3.8) is 0 Å². The Hall–Kier alpha value is -2.37. The number of aromatic amines is 1. The Labute approximate surface area is 122 Å². The predicted octanol–water partition coefficient (Wildman–Crippen LogP) is 0.829. The highest BCUT2D eigenvalue weighted by Crippen LogP contribution is 2.19. The standard InChI is InChI=1S/C15H18N4O2/c16-15(21)10-5-7-19(8-6-10)14(20)9-13-11-3-1-2-4-12(11)17-18-13/h1-4,10H,5-9H2,(H2,16,21)(H,17,18). The zero-order chi connectivity index (χ0) is 14.8. The number of hydrogen-bond donors (Lipinski definition) is 2. The van der Waals surface area contributed by atoms with Crippen LogP contribution in [0.5, 0.6) is 0 Å². The third-order valence-electron chi connectivity index (χ3n) is 4.12. The van der Waals surface area contributed by atoms with Crippen LogP contribution < -0.4 is 5.73 Å². The summed E-state index contributed by atoms with van der Waals surface area (Å²) in [6.45, 7) is 1.19. The van der Waals surface area contributed by atoms with E-state index in [9.17, 15) is 9.59 Å². The predicted molar refractivity (Wildman–Crippen MR) is 78.3 cm³/mol. The Kier molecular flexibility index (Phi) is 3.60. The molecule has 2 aromatic rings. The second kappa shape index (κ2) is 5.55. The molecule has 0 bridgehead atoms. The number of amides is 2. The molecular formula is C15H18N4O2. The van der Waals surface area contributed by atoms with Gasteiger partial charge in [-0.2, -0.15) is 5.10 Å². The highest BCUT2D eigenvalue weighted by atomic mass is 16.2. The molecule has 1 aromatic carbocycles. The van der Waals surface area contributed by atoms with Gasteiger partial charge in [-0.15, -0.1) is 0 Å². The molecule has 0 radical (unpaired) electrons. The van der Waals surface area contributed by atoms with Gasteiger partial charge in [-0.25, -0.2) is 0 Å². The molecule has 0 spiro atoms. The van der Waals surface area contributed by atoms with Gasteiger partial charge >= 0.3 is 0 Å². The maximum absolute atomic E-state index is 12.3. The number of nitrogens with one attached hydrogen (secondary N) is 1. The molecule has 21 heavy (non-hydrogen) atoms. The first-order valence-corrected chi connectivity index (χ1v) is 7.14. The zero-order valence-electron chi connectivity index (χ0n) is 11.7. The fraction of sp³-hybridized carbons (Fsp3) is 0.400. The van der Waals surface area contributed by atoms with E-state index < -0.39 is 0 Å². The smallest absolute Gasteiger partial charge is 0.228 e. The van der Waals surface area contributed by atoms with Crippen LogP contribution in [0.4, 0.5) is 0 Å². The van der Waals surface area contributed by atoms with Crippen molar-refractivity contribution in [2.45, 2.75) is 19.3 Å². The van der Waals surface area contributed by atoms with Crippen molar-refractivity contribution in [2.75, 3.05) is 13.1 Å². The van der Waals surface area contributed by atoms with E-state index in [1.54, 1.807) is 4.90 Å². The SMILES string of the molecule is NC(=O)C1CCN(C(=O)Cc2[nH]nc3ccccc23)CC1. The summed E-state index contributed by atoms with van der Waals surface area (Å²) in [5, 5.41) is 8.12. The van der Waals surface area contributed by atoms with Crippen molar-refractivity contribution < 1.29 is 9.59 Å². The number of benzene rings is 1. The van der Waals surface area contributed by atoms with Gasteiger partial charge in [-0.05, 0) is 18.9 Å². The maximum Gasteiger partial charge on any atom is 0.228 e. The van der Waals surface area contributed by atoms with E-state index in [0.29, 0.717) is 32.4 Å². The number of para-hydroxylation sites is 1. The van der Waals surface area contributed by atoms with Crippen molar-refractivity contribution in [1.29, 1.82) is 0 Å². The van der Waals surface area contributed by atoms with Crippen molar-refractivity contribution in [2.24, 2.45) is 11.7 Å². The minimum atomic E-state index is -0.262. The minimum absolute atomic E-state index is 0.0623. The number of H-pyrrole nitrogens is 1. The van der Waals surface area contributed by atoms with Gasteiger partial charge in [0, 0.05) is 24.4 Å². The van der Waals surface area contributed by atoms with E-state index in [1.165, 1.54) is 0 Å². The first kappa shape index (κ1) is 13.6. The molecule has 3 N–H and O–H groups in total. The average molecular weight is 286 g/mol. The lowest BCUT2D eigenvalue weighted by molar-refractivity contribution is -0.134. The number of primary amides is 1. The number of carbonyl (C=O) groups is 2. The molecule has 1 aromatic heterocycles. The number of likely N-dealkylation sites (tertiary alicyclic amines) is 1. The van der Waals surface area contributed by atoms with Crippen LogP contribution in [-0.4, -0.2) is 40.0 Å². The average Bonchev–Trinajstić information content (AvgIpc) is 2.91. The van der Waals surface area contributed by atoms with Crippen molar-refractivity contribution in [3.8, 4) is 0 Å². The Bertz CT molecular complexity index is 671.